The van der Waals surface area contributed by atoms with Crippen molar-refractivity contribution in [3.8, 4) is 0 Å². The van der Waals surface area contributed by atoms with Crippen LogP contribution in [0.25, 0.3) is 0 Å². The van der Waals surface area contributed by atoms with Crippen LogP contribution in [0.15, 0.2) is 4.52 Å². The highest BCUT2D eigenvalue weighted by atomic mass is 35.5. The second kappa shape index (κ2) is 6.50. The van der Waals surface area contributed by atoms with Gasteiger partial charge in [-0.2, -0.15) is 0 Å². The van der Waals surface area contributed by atoms with Crippen LogP contribution in [-0.4, -0.2) is 17.1 Å². The number of hydrogen-bond donors (Lipinski definition) is 2. The molecule has 92 valence electrons. The SMILES string of the molecule is CCc1noc(C)c1NC(=O)[C@@H](N)CC.Cl. The smallest absolute Gasteiger partial charge is 0.241 e. The van der Waals surface area contributed by atoms with Crippen molar-refractivity contribution in [3.05, 3.63) is 11.5 Å². The number of aromatic nitrogens is 1. The van der Waals surface area contributed by atoms with Gasteiger partial charge in [-0.05, 0) is 19.8 Å². The van der Waals surface area contributed by atoms with Crippen LogP contribution in [0.3, 0.4) is 0 Å². The van der Waals surface area contributed by atoms with Gasteiger partial charge in [-0.3, -0.25) is 4.79 Å². The van der Waals surface area contributed by atoms with Crippen molar-refractivity contribution in [1.29, 1.82) is 0 Å². The maximum atomic E-state index is 11.6. The predicted octanol–water partition coefficient (Wildman–Crippen LogP) is 1.64. The average molecular weight is 248 g/mol. The van der Waals surface area contributed by atoms with Gasteiger partial charge in [0.05, 0.1) is 6.04 Å². The predicted molar refractivity (Wildman–Crippen MR) is 64.8 cm³/mol. The normalized spacial score (nSPS) is 11.8. The zero-order valence-corrected chi connectivity index (χ0v) is 10.6. The van der Waals surface area contributed by atoms with Crippen LogP contribution in [0.2, 0.25) is 0 Å². The molecule has 0 saturated carbocycles. The number of carbonyl (C=O) groups excluding carboxylic acids is 1. The number of hydrogen-bond acceptors (Lipinski definition) is 4. The average Bonchev–Trinajstić information content (AvgIpc) is 2.59. The van der Waals surface area contributed by atoms with Gasteiger partial charge in [-0.1, -0.05) is 19.0 Å². The molecule has 0 unspecified atom stereocenters. The Morgan fingerprint density at radius 1 is 1.56 bits per heavy atom. The molecule has 0 radical (unpaired) electrons. The van der Waals surface area contributed by atoms with Crippen LogP contribution >= 0.6 is 12.4 Å². The Kier molecular flexibility index (Phi) is 6.06. The highest BCUT2D eigenvalue weighted by molar-refractivity contribution is 5.95. The molecule has 1 heterocycles. The van der Waals surface area contributed by atoms with Gasteiger partial charge in [0, 0.05) is 0 Å². The summed E-state index contributed by atoms with van der Waals surface area (Å²) in [5.74, 6) is 0.419. The minimum Gasteiger partial charge on any atom is -0.359 e. The van der Waals surface area contributed by atoms with Crippen molar-refractivity contribution >= 4 is 24.0 Å². The first kappa shape index (κ1) is 14.9. The van der Waals surface area contributed by atoms with E-state index in [1.807, 2.05) is 13.8 Å². The topological polar surface area (TPSA) is 81.2 Å². The summed E-state index contributed by atoms with van der Waals surface area (Å²) in [6.07, 6.45) is 1.33. The Labute approximate surface area is 101 Å². The maximum Gasteiger partial charge on any atom is 0.241 e. The van der Waals surface area contributed by atoms with E-state index in [1.165, 1.54) is 0 Å². The molecule has 0 spiro atoms. The molecule has 1 atom stereocenters. The zero-order chi connectivity index (χ0) is 11.4. The molecule has 0 saturated heterocycles. The van der Waals surface area contributed by atoms with E-state index >= 15 is 0 Å². The third-order valence-corrected chi connectivity index (χ3v) is 2.29. The van der Waals surface area contributed by atoms with E-state index in [-0.39, 0.29) is 18.3 Å². The van der Waals surface area contributed by atoms with E-state index in [2.05, 4.69) is 10.5 Å². The van der Waals surface area contributed by atoms with E-state index in [9.17, 15) is 4.79 Å². The Morgan fingerprint density at radius 3 is 2.69 bits per heavy atom. The molecular formula is C10H18ClN3O2. The third-order valence-electron chi connectivity index (χ3n) is 2.29. The summed E-state index contributed by atoms with van der Waals surface area (Å²) < 4.78 is 5.00. The van der Waals surface area contributed by atoms with Gasteiger partial charge >= 0.3 is 0 Å². The summed E-state index contributed by atoms with van der Waals surface area (Å²) in [5, 5.41) is 6.58. The Bertz CT molecular complexity index is 352. The number of nitrogens with one attached hydrogen (secondary N) is 1. The van der Waals surface area contributed by atoms with Crippen molar-refractivity contribution in [2.75, 3.05) is 5.32 Å². The minimum absolute atomic E-state index is 0. The maximum absolute atomic E-state index is 11.6. The van der Waals surface area contributed by atoms with E-state index in [0.717, 1.165) is 5.69 Å². The molecular weight excluding hydrogens is 230 g/mol. The second-order valence-electron chi connectivity index (χ2n) is 3.42. The van der Waals surface area contributed by atoms with Crippen molar-refractivity contribution < 1.29 is 9.32 Å². The number of nitrogens with two attached hydrogens (primary N) is 1. The molecule has 0 aliphatic heterocycles. The molecule has 1 aromatic rings. The highest BCUT2D eigenvalue weighted by Gasteiger charge is 2.17. The molecule has 1 rings (SSSR count). The summed E-state index contributed by atoms with van der Waals surface area (Å²) in [7, 11) is 0. The van der Waals surface area contributed by atoms with Gasteiger partial charge in [-0.25, -0.2) is 0 Å². The van der Waals surface area contributed by atoms with Crippen LogP contribution in [-0.2, 0) is 11.2 Å². The first-order valence-corrected chi connectivity index (χ1v) is 5.11. The highest BCUT2D eigenvalue weighted by Crippen LogP contribution is 2.20. The van der Waals surface area contributed by atoms with Gasteiger partial charge in [0.25, 0.3) is 0 Å². The lowest BCUT2D eigenvalue weighted by Crippen LogP contribution is -2.35. The lowest BCUT2D eigenvalue weighted by atomic mass is 10.2. The molecule has 3 N–H and O–H groups in total. The summed E-state index contributed by atoms with van der Waals surface area (Å²) in [4.78, 5) is 11.6. The largest absolute Gasteiger partial charge is 0.359 e. The molecule has 1 aromatic heterocycles. The van der Waals surface area contributed by atoms with Crippen molar-refractivity contribution in [3.63, 3.8) is 0 Å². The quantitative estimate of drug-likeness (QED) is 0.848. The molecule has 0 aromatic carbocycles. The summed E-state index contributed by atoms with van der Waals surface area (Å²) in [6, 6.07) is -0.482. The lowest BCUT2D eigenvalue weighted by Gasteiger charge is -2.09. The van der Waals surface area contributed by atoms with Crippen LogP contribution in [0.4, 0.5) is 5.69 Å². The number of anilines is 1. The van der Waals surface area contributed by atoms with Crippen LogP contribution in [0.5, 0.6) is 0 Å². The molecule has 1 amide bonds. The van der Waals surface area contributed by atoms with Crippen LogP contribution < -0.4 is 11.1 Å². The Balaban J connectivity index is 0.00000225. The van der Waals surface area contributed by atoms with Crippen molar-refractivity contribution in [1.82, 2.24) is 5.16 Å². The first-order valence-electron chi connectivity index (χ1n) is 5.11. The molecule has 0 aliphatic carbocycles. The number of halogens is 1. The molecule has 0 bridgehead atoms. The van der Waals surface area contributed by atoms with Crippen LogP contribution in [0, 0.1) is 6.92 Å². The molecule has 0 fully saturated rings. The fourth-order valence-corrected chi connectivity index (χ4v) is 1.22. The number of nitrogens with zero attached hydrogens (tertiary/aromatic N) is 1. The van der Waals surface area contributed by atoms with Gasteiger partial charge in [0.1, 0.15) is 11.4 Å². The molecule has 5 nitrogen and oxygen atoms in total. The monoisotopic (exact) mass is 247 g/mol. The Morgan fingerprint density at radius 2 is 2.19 bits per heavy atom. The van der Waals surface area contributed by atoms with Crippen molar-refractivity contribution in [2.24, 2.45) is 5.73 Å². The zero-order valence-electron chi connectivity index (χ0n) is 9.74. The van der Waals surface area contributed by atoms with E-state index < -0.39 is 6.04 Å². The Hall–Kier alpha value is -1.07. The molecule has 0 aliphatic rings. The van der Waals surface area contributed by atoms with Crippen LogP contribution in [0.1, 0.15) is 31.7 Å². The minimum atomic E-state index is -0.482. The first-order chi connectivity index (χ1) is 7.10. The standard InChI is InChI=1S/C10H17N3O2.ClH/c1-4-7(11)10(14)12-9-6(3)15-13-8(9)5-2;/h7H,4-5,11H2,1-3H3,(H,12,14);1H/t7-;/m0./s1. The van der Waals surface area contributed by atoms with Crippen molar-refractivity contribution in [2.45, 2.75) is 39.7 Å². The molecule has 6 heteroatoms. The van der Waals surface area contributed by atoms with E-state index in [4.69, 9.17) is 10.3 Å². The fraction of sp³-hybridized carbons (Fsp3) is 0.600. The molecule has 16 heavy (non-hydrogen) atoms. The third kappa shape index (κ3) is 3.21. The lowest BCUT2D eigenvalue weighted by molar-refractivity contribution is -0.117. The van der Waals surface area contributed by atoms with Gasteiger partial charge < -0.3 is 15.6 Å². The fourth-order valence-electron chi connectivity index (χ4n) is 1.22. The summed E-state index contributed by atoms with van der Waals surface area (Å²) in [5.41, 5.74) is 7.02. The summed E-state index contributed by atoms with van der Waals surface area (Å²) >= 11 is 0. The number of aryl methyl sites for hydroxylation is 2. The van der Waals surface area contributed by atoms with Gasteiger partial charge in [0.2, 0.25) is 5.91 Å². The number of rotatable bonds is 4. The number of carbonyl (C=O) groups is 1. The van der Waals surface area contributed by atoms with Gasteiger partial charge in [-0.15, -0.1) is 12.4 Å². The van der Waals surface area contributed by atoms with Gasteiger partial charge in [0.15, 0.2) is 5.76 Å². The second-order valence-corrected chi connectivity index (χ2v) is 3.42. The van der Waals surface area contributed by atoms with E-state index in [0.29, 0.717) is 24.3 Å². The number of amides is 1. The summed E-state index contributed by atoms with van der Waals surface area (Å²) in [6.45, 7) is 5.58. The van der Waals surface area contributed by atoms with E-state index in [1.54, 1.807) is 6.92 Å².